The summed E-state index contributed by atoms with van der Waals surface area (Å²) < 4.78 is 11.8. The van der Waals surface area contributed by atoms with Crippen molar-refractivity contribution >= 4 is 11.9 Å². The number of aliphatic carboxylic acids is 2. The van der Waals surface area contributed by atoms with Crippen LogP contribution in [-0.2, 0) is 19.1 Å². The van der Waals surface area contributed by atoms with E-state index in [0.717, 1.165) is 38.5 Å². The minimum Gasteiger partial charge on any atom is -0.481 e. The Kier molecular flexibility index (Phi) is 4.07. The zero-order valence-electron chi connectivity index (χ0n) is 13.9. The van der Waals surface area contributed by atoms with E-state index >= 15 is 0 Å². The molecule has 4 saturated heterocycles. The van der Waals surface area contributed by atoms with Crippen LogP contribution < -0.4 is 0 Å². The van der Waals surface area contributed by atoms with Crippen molar-refractivity contribution < 1.29 is 29.3 Å². The van der Waals surface area contributed by atoms with Crippen LogP contribution in [0.5, 0.6) is 0 Å². The predicted octanol–water partition coefficient (Wildman–Crippen LogP) is 2.45. The van der Waals surface area contributed by atoms with Crippen molar-refractivity contribution in [3.63, 3.8) is 0 Å². The monoisotopic (exact) mass is 338 g/mol. The fraction of sp³-hybridized carbons (Fsp3) is 0.889. The molecule has 0 aromatic carbocycles. The third-order valence-corrected chi connectivity index (χ3v) is 6.92. The van der Waals surface area contributed by atoms with Gasteiger partial charge < -0.3 is 19.7 Å². The molecule has 6 atom stereocenters. The van der Waals surface area contributed by atoms with Gasteiger partial charge in [0.05, 0.1) is 29.8 Å². The predicted molar refractivity (Wildman–Crippen MR) is 83.6 cm³/mol. The van der Waals surface area contributed by atoms with Crippen LogP contribution in [-0.4, -0.2) is 46.6 Å². The molecular formula is C18H26O6. The molecule has 6 nitrogen and oxygen atoms in total. The molecule has 0 aromatic heterocycles. The first-order valence-corrected chi connectivity index (χ1v) is 9.27. The molecule has 4 heterocycles. The number of carbonyl (C=O) groups is 2. The number of carboxylic acids is 2. The van der Waals surface area contributed by atoms with Crippen LogP contribution >= 0.6 is 0 Å². The average molecular weight is 338 g/mol. The average Bonchev–Trinajstić information content (AvgIpc) is 2.49. The Bertz CT molecular complexity index is 486. The molecule has 134 valence electrons. The Balaban J connectivity index is 1.62. The molecule has 6 fully saturated rings. The maximum atomic E-state index is 12.6. The molecule has 6 aliphatic rings. The van der Waals surface area contributed by atoms with E-state index in [2.05, 4.69) is 0 Å². The third kappa shape index (κ3) is 2.46. The Morgan fingerprint density at radius 3 is 1.75 bits per heavy atom. The molecule has 24 heavy (non-hydrogen) atoms. The van der Waals surface area contributed by atoms with E-state index in [4.69, 9.17) is 14.6 Å². The summed E-state index contributed by atoms with van der Waals surface area (Å²) >= 11 is 0. The summed E-state index contributed by atoms with van der Waals surface area (Å²) in [5.41, 5.74) is -0.901. The van der Waals surface area contributed by atoms with Gasteiger partial charge in [-0.1, -0.05) is 0 Å². The van der Waals surface area contributed by atoms with Gasteiger partial charge in [0.1, 0.15) is 0 Å². The van der Waals surface area contributed by atoms with E-state index in [1.165, 1.54) is 0 Å². The molecule has 2 N–H and O–H groups in total. The summed E-state index contributed by atoms with van der Waals surface area (Å²) in [6, 6.07) is 0. The number of rotatable bonds is 7. The van der Waals surface area contributed by atoms with Gasteiger partial charge in [-0.2, -0.15) is 0 Å². The van der Waals surface area contributed by atoms with Gasteiger partial charge in [-0.05, 0) is 38.5 Å². The molecule has 0 amide bonds. The van der Waals surface area contributed by atoms with Crippen LogP contribution in [0.15, 0.2) is 0 Å². The van der Waals surface area contributed by atoms with Crippen molar-refractivity contribution in [2.75, 3.05) is 0 Å². The first-order valence-electron chi connectivity index (χ1n) is 9.27. The lowest BCUT2D eigenvalue weighted by atomic mass is 9.53. The summed E-state index contributed by atoms with van der Waals surface area (Å²) in [6.07, 6.45) is 7.05. The molecule has 6 heteroatoms. The van der Waals surface area contributed by atoms with E-state index in [0.29, 0.717) is 25.0 Å². The van der Waals surface area contributed by atoms with Crippen LogP contribution in [0, 0.1) is 17.3 Å². The summed E-state index contributed by atoms with van der Waals surface area (Å²) in [7, 11) is 0. The largest absolute Gasteiger partial charge is 0.481 e. The maximum Gasteiger partial charge on any atom is 0.310 e. The minimum absolute atomic E-state index is 0.0143. The molecule has 6 unspecified atom stereocenters. The quantitative estimate of drug-likeness (QED) is 0.741. The van der Waals surface area contributed by atoms with E-state index in [1.54, 1.807) is 0 Å². The standard InChI is InChI=1S/C18H26O6/c19-16(20)2-1-7-18(17(21)22,12-5-3-10-8-14(12)23-10)13-6-4-11-9-15(13)24-11/h10-15H,1-9H2,(H,19,20)(H,21,22). The van der Waals surface area contributed by atoms with Crippen LogP contribution in [0.25, 0.3) is 0 Å². The lowest BCUT2D eigenvalue weighted by Gasteiger charge is -2.59. The molecule has 4 bridgehead atoms. The molecule has 0 spiro atoms. The lowest BCUT2D eigenvalue weighted by molar-refractivity contribution is -0.258. The van der Waals surface area contributed by atoms with Gasteiger partial charge in [-0.15, -0.1) is 0 Å². The number of carboxylic acid groups (broad SMARTS) is 2. The maximum absolute atomic E-state index is 12.6. The van der Waals surface area contributed by atoms with Crippen molar-refractivity contribution in [2.45, 2.75) is 82.2 Å². The highest BCUT2D eigenvalue weighted by molar-refractivity contribution is 5.76. The molecule has 0 aromatic rings. The second kappa shape index (κ2) is 5.99. The van der Waals surface area contributed by atoms with Crippen LogP contribution in [0.1, 0.15) is 57.8 Å². The van der Waals surface area contributed by atoms with Gasteiger partial charge in [0.25, 0.3) is 0 Å². The third-order valence-electron chi connectivity index (χ3n) is 6.92. The van der Waals surface area contributed by atoms with Gasteiger partial charge in [0.15, 0.2) is 0 Å². The van der Waals surface area contributed by atoms with Gasteiger partial charge in [0, 0.05) is 31.1 Å². The Hall–Kier alpha value is -1.14. The molecular weight excluding hydrogens is 312 g/mol. The topological polar surface area (TPSA) is 93.1 Å². The van der Waals surface area contributed by atoms with Crippen molar-refractivity contribution in [1.29, 1.82) is 0 Å². The van der Waals surface area contributed by atoms with E-state index in [-0.39, 0.29) is 30.5 Å². The highest BCUT2D eigenvalue weighted by Crippen LogP contribution is 2.58. The molecule has 4 aliphatic heterocycles. The van der Waals surface area contributed by atoms with Crippen molar-refractivity contribution in [1.82, 2.24) is 0 Å². The van der Waals surface area contributed by atoms with Gasteiger partial charge in [-0.3, -0.25) is 9.59 Å². The van der Waals surface area contributed by atoms with Gasteiger partial charge >= 0.3 is 11.9 Å². The fourth-order valence-corrected chi connectivity index (χ4v) is 5.76. The summed E-state index contributed by atoms with van der Waals surface area (Å²) in [4.78, 5) is 23.5. The smallest absolute Gasteiger partial charge is 0.310 e. The van der Waals surface area contributed by atoms with E-state index < -0.39 is 17.4 Å². The molecule has 2 aliphatic carbocycles. The SMILES string of the molecule is O=C(O)CCCC(C(=O)O)(C1CCC2CC1O2)C1CCC2CC1O2. The summed E-state index contributed by atoms with van der Waals surface area (Å²) in [5, 5.41) is 19.3. The van der Waals surface area contributed by atoms with Gasteiger partial charge in [0.2, 0.25) is 0 Å². The van der Waals surface area contributed by atoms with Crippen LogP contribution in [0.3, 0.4) is 0 Å². The Morgan fingerprint density at radius 2 is 1.42 bits per heavy atom. The first kappa shape index (κ1) is 16.3. The zero-order valence-corrected chi connectivity index (χ0v) is 13.9. The molecule has 6 rings (SSSR count). The van der Waals surface area contributed by atoms with Crippen molar-refractivity contribution in [2.24, 2.45) is 17.3 Å². The summed E-state index contributed by atoms with van der Waals surface area (Å²) in [6.45, 7) is 0. The number of hydrogen-bond donors (Lipinski definition) is 2. The number of ether oxygens (including phenoxy) is 2. The van der Waals surface area contributed by atoms with Crippen LogP contribution in [0.4, 0.5) is 0 Å². The number of fused-ring (bicyclic) bond motifs is 4. The van der Waals surface area contributed by atoms with E-state index in [1.807, 2.05) is 0 Å². The fourth-order valence-electron chi connectivity index (χ4n) is 5.76. The second-order valence-corrected chi connectivity index (χ2v) is 8.02. The zero-order chi connectivity index (χ0) is 16.9. The molecule has 2 saturated carbocycles. The Labute approximate surface area is 141 Å². The van der Waals surface area contributed by atoms with Gasteiger partial charge in [-0.25, -0.2) is 0 Å². The van der Waals surface area contributed by atoms with Crippen molar-refractivity contribution in [3.05, 3.63) is 0 Å². The number of hydrogen-bond acceptors (Lipinski definition) is 4. The molecule has 0 radical (unpaired) electrons. The second-order valence-electron chi connectivity index (χ2n) is 8.02. The Morgan fingerprint density at radius 1 is 0.917 bits per heavy atom. The summed E-state index contributed by atoms with van der Waals surface area (Å²) in [5.74, 6) is -1.66. The highest BCUT2D eigenvalue weighted by Gasteiger charge is 2.62. The highest BCUT2D eigenvalue weighted by atomic mass is 16.5. The van der Waals surface area contributed by atoms with E-state index in [9.17, 15) is 14.7 Å². The van der Waals surface area contributed by atoms with Crippen molar-refractivity contribution in [3.8, 4) is 0 Å². The normalized spacial score (nSPS) is 42.3. The van der Waals surface area contributed by atoms with Crippen LogP contribution in [0.2, 0.25) is 0 Å². The minimum atomic E-state index is -0.901. The first-order chi connectivity index (χ1) is 11.5. The lowest BCUT2D eigenvalue weighted by Crippen LogP contribution is -2.63.